The number of nitrogens with zero attached hydrogens (tertiary/aromatic N) is 2. The van der Waals surface area contributed by atoms with Crippen molar-refractivity contribution in [2.75, 3.05) is 0 Å². The molecule has 1 unspecified atom stereocenters. The lowest BCUT2D eigenvalue weighted by molar-refractivity contribution is 0.449. The first-order chi connectivity index (χ1) is 8.15. The Balaban J connectivity index is 1.97. The molecule has 3 nitrogen and oxygen atoms in total. The first-order valence-electron chi connectivity index (χ1n) is 5.67. The zero-order chi connectivity index (χ0) is 12.3. The van der Waals surface area contributed by atoms with Crippen molar-refractivity contribution in [3.63, 3.8) is 0 Å². The molecular formula is C13H15ClN2O. The van der Waals surface area contributed by atoms with Gasteiger partial charge in [0, 0.05) is 6.42 Å². The molecule has 0 aliphatic carbocycles. The summed E-state index contributed by atoms with van der Waals surface area (Å²) in [6.07, 6.45) is 1.65. The van der Waals surface area contributed by atoms with Crippen LogP contribution in [0.4, 0.5) is 0 Å². The van der Waals surface area contributed by atoms with Gasteiger partial charge in [-0.1, -0.05) is 29.8 Å². The van der Waals surface area contributed by atoms with Crippen molar-refractivity contribution in [2.24, 2.45) is 0 Å². The normalized spacial score (nSPS) is 12.6. The van der Waals surface area contributed by atoms with Gasteiger partial charge in [-0.15, -0.1) is 21.8 Å². The van der Waals surface area contributed by atoms with Crippen molar-refractivity contribution in [1.82, 2.24) is 10.2 Å². The van der Waals surface area contributed by atoms with Crippen LogP contribution in [0.3, 0.4) is 0 Å². The molecule has 1 atom stereocenters. The van der Waals surface area contributed by atoms with Crippen LogP contribution in [0.2, 0.25) is 0 Å². The molecule has 0 saturated heterocycles. The molecule has 90 valence electrons. The molecule has 0 fully saturated rings. The van der Waals surface area contributed by atoms with Crippen LogP contribution in [-0.2, 0) is 12.8 Å². The zero-order valence-electron chi connectivity index (χ0n) is 9.98. The summed E-state index contributed by atoms with van der Waals surface area (Å²) in [5.74, 6) is 1.14. The second-order valence-corrected chi connectivity index (χ2v) is 4.79. The van der Waals surface area contributed by atoms with E-state index in [0.717, 1.165) is 12.8 Å². The third-order valence-electron chi connectivity index (χ3n) is 2.53. The third-order valence-corrected chi connectivity index (χ3v) is 2.72. The Hall–Kier alpha value is -1.35. The molecule has 0 N–H and O–H groups in total. The number of alkyl halides is 1. The number of rotatable bonds is 4. The topological polar surface area (TPSA) is 38.9 Å². The van der Waals surface area contributed by atoms with E-state index in [4.69, 9.17) is 16.0 Å². The van der Waals surface area contributed by atoms with Crippen LogP contribution < -0.4 is 0 Å². The largest absolute Gasteiger partial charge is 0.424 e. The molecule has 0 saturated carbocycles. The summed E-state index contributed by atoms with van der Waals surface area (Å²) in [7, 11) is 0. The summed E-state index contributed by atoms with van der Waals surface area (Å²) < 4.78 is 5.44. The van der Waals surface area contributed by atoms with Crippen LogP contribution >= 0.6 is 11.6 Å². The van der Waals surface area contributed by atoms with Crippen molar-refractivity contribution < 1.29 is 4.42 Å². The van der Waals surface area contributed by atoms with E-state index in [2.05, 4.69) is 41.4 Å². The SMILES string of the molecule is Cc1cccc(CCc2nnc(C(C)Cl)o2)c1. The number of aromatic nitrogens is 2. The van der Waals surface area contributed by atoms with Gasteiger partial charge in [0.1, 0.15) is 5.38 Å². The monoisotopic (exact) mass is 250 g/mol. The molecule has 0 aliphatic heterocycles. The molecule has 0 spiro atoms. The quantitative estimate of drug-likeness (QED) is 0.780. The Morgan fingerprint density at radius 3 is 2.76 bits per heavy atom. The Labute approximate surface area is 106 Å². The number of hydrogen-bond acceptors (Lipinski definition) is 3. The van der Waals surface area contributed by atoms with Gasteiger partial charge in [0.15, 0.2) is 0 Å². The maximum absolute atomic E-state index is 5.86. The first-order valence-corrected chi connectivity index (χ1v) is 6.10. The van der Waals surface area contributed by atoms with Crippen molar-refractivity contribution in [2.45, 2.75) is 32.1 Å². The van der Waals surface area contributed by atoms with Crippen LogP contribution in [0.15, 0.2) is 28.7 Å². The van der Waals surface area contributed by atoms with Crippen molar-refractivity contribution in [3.8, 4) is 0 Å². The summed E-state index contributed by atoms with van der Waals surface area (Å²) in [6.45, 7) is 3.91. The summed E-state index contributed by atoms with van der Waals surface area (Å²) in [5, 5.41) is 7.64. The maximum atomic E-state index is 5.86. The number of hydrogen-bond donors (Lipinski definition) is 0. The number of halogens is 1. The van der Waals surface area contributed by atoms with E-state index in [1.54, 1.807) is 0 Å². The second kappa shape index (κ2) is 5.32. The lowest BCUT2D eigenvalue weighted by Crippen LogP contribution is -1.92. The standard InChI is InChI=1S/C13H15ClN2O/c1-9-4-3-5-11(8-9)6-7-12-15-16-13(17-12)10(2)14/h3-5,8,10H,6-7H2,1-2H3. The molecule has 2 rings (SSSR count). The van der Waals surface area contributed by atoms with Gasteiger partial charge in [-0.25, -0.2) is 0 Å². The van der Waals surface area contributed by atoms with Gasteiger partial charge in [-0.3, -0.25) is 0 Å². The van der Waals surface area contributed by atoms with Gasteiger partial charge >= 0.3 is 0 Å². The minimum Gasteiger partial charge on any atom is -0.424 e. The molecule has 1 aromatic carbocycles. The summed E-state index contributed by atoms with van der Waals surface area (Å²) in [4.78, 5) is 0. The summed E-state index contributed by atoms with van der Waals surface area (Å²) in [5.41, 5.74) is 2.55. The average molecular weight is 251 g/mol. The average Bonchev–Trinajstić information content (AvgIpc) is 2.75. The van der Waals surface area contributed by atoms with Gasteiger partial charge in [0.2, 0.25) is 11.8 Å². The Kier molecular flexibility index (Phi) is 3.79. The first kappa shape index (κ1) is 12.1. The third kappa shape index (κ3) is 3.30. The Morgan fingerprint density at radius 1 is 1.29 bits per heavy atom. The predicted octanol–water partition coefficient (Wildman–Crippen LogP) is 3.46. The second-order valence-electron chi connectivity index (χ2n) is 4.14. The van der Waals surface area contributed by atoms with E-state index in [9.17, 15) is 0 Å². The molecule has 0 radical (unpaired) electrons. The molecular weight excluding hydrogens is 236 g/mol. The summed E-state index contributed by atoms with van der Waals surface area (Å²) >= 11 is 5.86. The molecule has 0 bridgehead atoms. The molecule has 0 amide bonds. The minimum atomic E-state index is -0.227. The summed E-state index contributed by atoms with van der Waals surface area (Å²) in [6, 6.07) is 8.42. The highest BCUT2D eigenvalue weighted by Crippen LogP contribution is 2.18. The fourth-order valence-corrected chi connectivity index (χ4v) is 1.74. The van der Waals surface area contributed by atoms with Crippen LogP contribution in [0, 0.1) is 6.92 Å². The van der Waals surface area contributed by atoms with E-state index < -0.39 is 0 Å². The van der Waals surface area contributed by atoms with E-state index >= 15 is 0 Å². The van der Waals surface area contributed by atoms with E-state index in [1.165, 1.54) is 11.1 Å². The van der Waals surface area contributed by atoms with Gasteiger partial charge in [0.25, 0.3) is 0 Å². The molecule has 4 heteroatoms. The highest BCUT2D eigenvalue weighted by atomic mass is 35.5. The molecule has 0 aliphatic rings. The van der Waals surface area contributed by atoms with Gasteiger partial charge in [0.05, 0.1) is 0 Å². The van der Waals surface area contributed by atoms with Crippen LogP contribution in [0.5, 0.6) is 0 Å². The van der Waals surface area contributed by atoms with Gasteiger partial charge in [-0.05, 0) is 25.8 Å². The van der Waals surface area contributed by atoms with Crippen LogP contribution in [0.1, 0.15) is 35.2 Å². The van der Waals surface area contributed by atoms with Crippen molar-refractivity contribution in [1.29, 1.82) is 0 Å². The van der Waals surface area contributed by atoms with Crippen LogP contribution in [-0.4, -0.2) is 10.2 Å². The molecule has 1 aromatic heterocycles. The maximum Gasteiger partial charge on any atom is 0.234 e. The Morgan fingerprint density at radius 2 is 2.12 bits per heavy atom. The highest BCUT2D eigenvalue weighted by molar-refractivity contribution is 6.20. The van der Waals surface area contributed by atoms with Crippen molar-refractivity contribution in [3.05, 3.63) is 47.2 Å². The molecule has 1 heterocycles. The minimum absolute atomic E-state index is 0.227. The Bertz CT molecular complexity index is 494. The zero-order valence-corrected chi connectivity index (χ0v) is 10.7. The van der Waals surface area contributed by atoms with E-state index in [1.807, 2.05) is 6.92 Å². The number of benzene rings is 1. The van der Waals surface area contributed by atoms with E-state index in [-0.39, 0.29) is 5.38 Å². The fourth-order valence-electron chi connectivity index (χ4n) is 1.65. The van der Waals surface area contributed by atoms with E-state index in [0.29, 0.717) is 11.8 Å². The smallest absolute Gasteiger partial charge is 0.234 e. The lowest BCUT2D eigenvalue weighted by atomic mass is 10.1. The highest BCUT2D eigenvalue weighted by Gasteiger charge is 2.10. The molecule has 17 heavy (non-hydrogen) atoms. The lowest BCUT2D eigenvalue weighted by Gasteiger charge is -1.99. The van der Waals surface area contributed by atoms with Crippen molar-refractivity contribution >= 4 is 11.6 Å². The van der Waals surface area contributed by atoms with Crippen LogP contribution in [0.25, 0.3) is 0 Å². The number of aryl methyl sites for hydroxylation is 3. The fraction of sp³-hybridized carbons (Fsp3) is 0.385. The van der Waals surface area contributed by atoms with Gasteiger partial charge < -0.3 is 4.42 Å². The molecule has 2 aromatic rings. The van der Waals surface area contributed by atoms with Gasteiger partial charge in [-0.2, -0.15) is 0 Å². The predicted molar refractivity (Wildman–Crippen MR) is 67.2 cm³/mol.